The molecule has 6 nitrogen and oxygen atoms in total. The number of nitrogens with zero attached hydrogens (tertiary/aromatic N) is 4. The maximum atomic E-state index is 12.6. The number of thioether (sulfide) groups is 1. The molecule has 35 heavy (non-hydrogen) atoms. The molecule has 0 unspecified atom stereocenters. The van der Waals surface area contributed by atoms with Gasteiger partial charge in [-0.3, -0.25) is 9.78 Å². The van der Waals surface area contributed by atoms with E-state index in [0.717, 1.165) is 40.0 Å². The zero-order chi connectivity index (χ0) is 24.6. The van der Waals surface area contributed by atoms with E-state index in [1.165, 1.54) is 5.56 Å². The van der Waals surface area contributed by atoms with Gasteiger partial charge in [-0.25, -0.2) is 9.97 Å². The maximum Gasteiger partial charge on any atom is 0.251 e. The fourth-order valence-corrected chi connectivity index (χ4v) is 4.51. The predicted molar refractivity (Wildman–Crippen MR) is 141 cm³/mol. The van der Waals surface area contributed by atoms with Crippen LogP contribution in [0, 0.1) is 13.8 Å². The van der Waals surface area contributed by atoms with E-state index >= 15 is 0 Å². The number of rotatable bonds is 9. The zero-order valence-electron chi connectivity index (χ0n) is 20.2. The second-order valence-corrected chi connectivity index (χ2v) is 9.32. The quantitative estimate of drug-likeness (QED) is 0.256. The Morgan fingerprint density at radius 1 is 0.943 bits per heavy atom. The molecule has 4 rings (SSSR count). The lowest BCUT2D eigenvalue weighted by Crippen LogP contribution is -2.23. The highest BCUT2D eigenvalue weighted by Crippen LogP contribution is 2.26. The van der Waals surface area contributed by atoms with Crippen molar-refractivity contribution in [3.05, 3.63) is 113 Å². The van der Waals surface area contributed by atoms with E-state index in [4.69, 9.17) is 9.97 Å². The van der Waals surface area contributed by atoms with Gasteiger partial charge in [0.25, 0.3) is 5.91 Å². The number of nitrogens with one attached hydrogen (secondary N) is 1. The fourth-order valence-electron chi connectivity index (χ4n) is 3.68. The van der Waals surface area contributed by atoms with Crippen LogP contribution in [0.2, 0.25) is 0 Å². The third-order valence-electron chi connectivity index (χ3n) is 5.68. The predicted octanol–water partition coefficient (Wildman–Crippen LogP) is 5.35. The van der Waals surface area contributed by atoms with E-state index in [-0.39, 0.29) is 5.91 Å². The molecule has 1 N–H and O–H groups in total. The second kappa shape index (κ2) is 11.6. The third kappa shape index (κ3) is 6.67. The third-order valence-corrected chi connectivity index (χ3v) is 6.60. The summed E-state index contributed by atoms with van der Waals surface area (Å²) in [5, 5.41) is 3.66. The van der Waals surface area contributed by atoms with Gasteiger partial charge in [0.15, 0.2) is 5.16 Å². The zero-order valence-corrected chi connectivity index (χ0v) is 21.0. The number of benzene rings is 2. The Morgan fingerprint density at radius 2 is 1.71 bits per heavy atom. The van der Waals surface area contributed by atoms with Gasteiger partial charge in [-0.1, -0.05) is 60.3 Å². The molecule has 0 saturated carbocycles. The molecule has 7 heteroatoms. The molecule has 0 spiro atoms. The Hall–Kier alpha value is -3.71. The first-order valence-electron chi connectivity index (χ1n) is 11.5. The highest BCUT2D eigenvalue weighted by molar-refractivity contribution is 7.98. The van der Waals surface area contributed by atoms with Crippen molar-refractivity contribution in [2.45, 2.75) is 37.8 Å². The molecule has 2 aromatic carbocycles. The first kappa shape index (κ1) is 24.4. The van der Waals surface area contributed by atoms with E-state index in [2.05, 4.69) is 53.4 Å². The Bertz CT molecular complexity index is 1280. The van der Waals surface area contributed by atoms with Gasteiger partial charge in [0.2, 0.25) is 0 Å². The summed E-state index contributed by atoms with van der Waals surface area (Å²) in [4.78, 5) is 28.6. The number of hydrogen-bond acceptors (Lipinski definition) is 6. The van der Waals surface area contributed by atoms with Crippen molar-refractivity contribution in [1.29, 1.82) is 0 Å². The van der Waals surface area contributed by atoms with Gasteiger partial charge in [0.1, 0.15) is 5.82 Å². The fraction of sp³-hybridized carbons (Fsp3) is 0.214. The minimum Gasteiger partial charge on any atom is -0.355 e. The minimum absolute atomic E-state index is 0.116. The van der Waals surface area contributed by atoms with Crippen LogP contribution in [-0.4, -0.2) is 27.9 Å². The van der Waals surface area contributed by atoms with Crippen molar-refractivity contribution in [3.63, 3.8) is 0 Å². The monoisotopic (exact) mass is 483 g/mol. The minimum atomic E-state index is -0.116. The Balaban J connectivity index is 1.41. The number of aryl methyl sites for hydroxylation is 1. The number of hydrogen-bond donors (Lipinski definition) is 1. The lowest BCUT2D eigenvalue weighted by Gasteiger charge is -2.21. The first-order chi connectivity index (χ1) is 17.0. The molecule has 0 aliphatic carbocycles. The molecule has 0 radical (unpaired) electrons. The van der Waals surface area contributed by atoms with Crippen molar-refractivity contribution in [1.82, 2.24) is 20.3 Å². The van der Waals surface area contributed by atoms with Gasteiger partial charge in [-0.15, -0.1) is 0 Å². The molecule has 178 valence electrons. The average Bonchev–Trinajstić information content (AvgIpc) is 2.89. The molecular formula is C28H29N5OS. The van der Waals surface area contributed by atoms with Crippen LogP contribution in [0.25, 0.3) is 0 Å². The molecular weight excluding hydrogens is 454 g/mol. The number of pyridine rings is 1. The van der Waals surface area contributed by atoms with Crippen LogP contribution in [0.1, 0.15) is 38.4 Å². The molecule has 0 saturated heterocycles. The SMILES string of the molecule is Cc1nc(SCc2cccc(C(=O)NCc3ccccn3)c2)nc(N(C)Cc2ccccc2)c1C. The molecule has 4 aromatic rings. The standard InChI is InChI=1S/C28H29N5OS/c1-20-21(2)31-28(32-26(20)33(3)18-22-10-5-4-6-11-22)35-19-23-12-9-13-24(16-23)27(34)30-17-25-14-7-8-15-29-25/h4-16H,17-19H2,1-3H3,(H,30,34). The molecule has 0 bridgehead atoms. The van der Waals surface area contributed by atoms with Crippen LogP contribution in [0.5, 0.6) is 0 Å². The lowest BCUT2D eigenvalue weighted by atomic mass is 10.1. The van der Waals surface area contributed by atoms with E-state index < -0.39 is 0 Å². The molecule has 0 aliphatic heterocycles. The van der Waals surface area contributed by atoms with Gasteiger partial charge in [-0.2, -0.15) is 0 Å². The van der Waals surface area contributed by atoms with Crippen LogP contribution in [0.15, 0.2) is 84.1 Å². The molecule has 0 aliphatic rings. The van der Waals surface area contributed by atoms with E-state index in [1.54, 1.807) is 18.0 Å². The molecule has 0 fully saturated rings. The maximum absolute atomic E-state index is 12.6. The summed E-state index contributed by atoms with van der Waals surface area (Å²) < 4.78 is 0. The van der Waals surface area contributed by atoms with Crippen molar-refractivity contribution < 1.29 is 4.79 Å². The summed E-state index contributed by atoms with van der Waals surface area (Å²) in [5.41, 5.74) is 5.79. The summed E-state index contributed by atoms with van der Waals surface area (Å²) in [5.74, 6) is 1.49. The van der Waals surface area contributed by atoms with Crippen LogP contribution >= 0.6 is 11.8 Å². The van der Waals surface area contributed by atoms with Crippen LogP contribution in [0.3, 0.4) is 0 Å². The second-order valence-electron chi connectivity index (χ2n) is 8.37. The van der Waals surface area contributed by atoms with Gasteiger partial charge in [0.05, 0.1) is 12.2 Å². The van der Waals surface area contributed by atoms with Crippen molar-refractivity contribution in [2.24, 2.45) is 0 Å². The number of carbonyl (C=O) groups is 1. The number of anilines is 1. The average molecular weight is 484 g/mol. The highest BCUT2D eigenvalue weighted by atomic mass is 32.2. The Kier molecular flexibility index (Phi) is 8.11. The summed E-state index contributed by atoms with van der Waals surface area (Å²) in [7, 11) is 2.06. The first-order valence-corrected chi connectivity index (χ1v) is 12.5. The van der Waals surface area contributed by atoms with Gasteiger partial charge in [-0.05, 0) is 49.2 Å². The normalized spacial score (nSPS) is 10.7. The molecule has 2 heterocycles. The van der Waals surface area contributed by atoms with Gasteiger partial charge < -0.3 is 10.2 Å². The van der Waals surface area contributed by atoms with Gasteiger partial charge in [0, 0.05) is 42.4 Å². The Labute approximate surface area is 210 Å². The number of amides is 1. The van der Waals surface area contributed by atoms with Crippen molar-refractivity contribution >= 4 is 23.5 Å². The Morgan fingerprint density at radius 3 is 2.49 bits per heavy atom. The van der Waals surface area contributed by atoms with Crippen molar-refractivity contribution in [2.75, 3.05) is 11.9 Å². The molecule has 1 amide bonds. The molecule has 2 aromatic heterocycles. The van der Waals surface area contributed by atoms with E-state index in [9.17, 15) is 4.79 Å². The topological polar surface area (TPSA) is 71.0 Å². The van der Waals surface area contributed by atoms with E-state index in [1.807, 2.05) is 55.5 Å². The lowest BCUT2D eigenvalue weighted by molar-refractivity contribution is 0.0950. The van der Waals surface area contributed by atoms with E-state index in [0.29, 0.717) is 17.9 Å². The van der Waals surface area contributed by atoms with Crippen LogP contribution < -0.4 is 10.2 Å². The summed E-state index contributed by atoms with van der Waals surface area (Å²) in [6.45, 7) is 5.26. The summed E-state index contributed by atoms with van der Waals surface area (Å²) >= 11 is 1.57. The largest absolute Gasteiger partial charge is 0.355 e. The summed E-state index contributed by atoms with van der Waals surface area (Å²) in [6, 6.07) is 23.7. The molecule has 0 atom stereocenters. The smallest absolute Gasteiger partial charge is 0.251 e. The number of carbonyl (C=O) groups excluding carboxylic acids is 1. The van der Waals surface area contributed by atoms with Crippen molar-refractivity contribution in [3.8, 4) is 0 Å². The highest BCUT2D eigenvalue weighted by Gasteiger charge is 2.14. The summed E-state index contributed by atoms with van der Waals surface area (Å²) in [6.07, 6.45) is 1.72. The van der Waals surface area contributed by atoms with Crippen LogP contribution in [0.4, 0.5) is 5.82 Å². The van der Waals surface area contributed by atoms with Crippen LogP contribution in [-0.2, 0) is 18.8 Å². The number of aromatic nitrogens is 3. The van der Waals surface area contributed by atoms with Gasteiger partial charge >= 0.3 is 0 Å².